The van der Waals surface area contributed by atoms with Gasteiger partial charge in [0, 0.05) is 30.8 Å². The van der Waals surface area contributed by atoms with E-state index in [0.29, 0.717) is 24.6 Å². The number of primary sulfonamides is 1. The largest absolute Gasteiger partial charge is 0.338 e. The zero-order valence-electron chi connectivity index (χ0n) is 16.4. The maximum absolute atomic E-state index is 13.0. The molecule has 4 rings (SSSR count). The molecule has 1 aromatic carbocycles. The number of carbonyl (C=O) groups excluding carboxylic acids is 1. The molecule has 2 N–H and O–H groups in total. The van der Waals surface area contributed by atoms with Gasteiger partial charge in [-0.2, -0.15) is 5.10 Å². The molecule has 1 fully saturated rings. The first-order chi connectivity index (χ1) is 13.0. The second-order valence-corrected chi connectivity index (χ2v) is 10.4. The zero-order valence-corrected chi connectivity index (χ0v) is 17.2. The fourth-order valence-electron chi connectivity index (χ4n) is 4.24. The van der Waals surface area contributed by atoms with Gasteiger partial charge in [0.2, 0.25) is 10.0 Å². The lowest BCUT2D eigenvalue weighted by atomic mass is 9.81. The molecule has 2 aromatic rings. The van der Waals surface area contributed by atoms with Crippen molar-refractivity contribution in [3.8, 4) is 0 Å². The number of benzene rings is 1. The van der Waals surface area contributed by atoms with E-state index >= 15 is 0 Å². The van der Waals surface area contributed by atoms with Crippen molar-refractivity contribution < 1.29 is 13.2 Å². The number of fused-ring (bicyclic) bond motifs is 3. The average molecular weight is 403 g/mol. The van der Waals surface area contributed by atoms with E-state index in [9.17, 15) is 13.2 Å². The molecule has 1 saturated heterocycles. The molecule has 0 bridgehead atoms. The highest BCUT2D eigenvalue weighted by Crippen LogP contribution is 2.41. The van der Waals surface area contributed by atoms with Gasteiger partial charge in [-0.1, -0.05) is 6.07 Å². The molecule has 1 aliphatic heterocycles. The fourth-order valence-corrected chi connectivity index (χ4v) is 4.80. The maximum Gasteiger partial charge on any atom is 0.253 e. The van der Waals surface area contributed by atoms with Crippen molar-refractivity contribution in [1.82, 2.24) is 14.7 Å². The first-order valence-electron chi connectivity index (χ1n) is 9.55. The third kappa shape index (κ3) is 3.35. The normalized spacial score (nSPS) is 22.1. The predicted octanol–water partition coefficient (Wildman–Crippen LogP) is 2.09. The summed E-state index contributed by atoms with van der Waals surface area (Å²) in [6.07, 6.45) is 4.16. The van der Waals surface area contributed by atoms with Crippen molar-refractivity contribution in [3.63, 3.8) is 0 Å². The zero-order chi connectivity index (χ0) is 20.3. The van der Waals surface area contributed by atoms with E-state index in [0.717, 1.165) is 18.5 Å². The second kappa shape index (κ2) is 6.42. The molecule has 1 amide bonds. The molecule has 0 saturated carbocycles. The quantitative estimate of drug-likeness (QED) is 0.831. The first-order valence-corrected chi connectivity index (χ1v) is 11.1. The Labute approximate surface area is 165 Å². The van der Waals surface area contributed by atoms with Crippen molar-refractivity contribution in [1.29, 1.82) is 0 Å². The van der Waals surface area contributed by atoms with Gasteiger partial charge in [-0.15, -0.1) is 0 Å². The Morgan fingerprint density at radius 2 is 2.00 bits per heavy atom. The van der Waals surface area contributed by atoms with Gasteiger partial charge in [0.05, 0.1) is 16.1 Å². The molecule has 7 nitrogen and oxygen atoms in total. The van der Waals surface area contributed by atoms with E-state index in [2.05, 4.69) is 27.0 Å². The highest BCUT2D eigenvalue weighted by Gasteiger charge is 2.41. The van der Waals surface area contributed by atoms with Crippen LogP contribution in [0.1, 0.15) is 54.7 Å². The van der Waals surface area contributed by atoms with Crippen LogP contribution in [0, 0.1) is 5.92 Å². The monoisotopic (exact) mass is 402 g/mol. The van der Waals surface area contributed by atoms with Crippen molar-refractivity contribution >= 4 is 15.9 Å². The third-order valence-electron chi connectivity index (χ3n) is 5.78. The smallest absolute Gasteiger partial charge is 0.253 e. The van der Waals surface area contributed by atoms with Gasteiger partial charge in [0.1, 0.15) is 0 Å². The van der Waals surface area contributed by atoms with Crippen LogP contribution >= 0.6 is 0 Å². The number of aromatic nitrogens is 2. The summed E-state index contributed by atoms with van der Waals surface area (Å²) >= 11 is 0. The third-order valence-corrected chi connectivity index (χ3v) is 6.69. The molecule has 1 aliphatic carbocycles. The van der Waals surface area contributed by atoms with Gasteiger partial charge in [0.15, 0.2) is 0 Å². The minimum Gasteiger partial charge on any atom is -0.338 e. The Kier molecular flexibility index (Phi) is 4.39. The van der Waals surface area contributed by atoms with Crippen molar-refractivity contribution in [2.24, 2.45) is 11.1 Å². The average Bonchev–Trinajstić information content (AvgIpc) is 3.23. The van der Waals surface area contributed by atoms with Crippen LogP contribution in [0.3, 0.4) is 0 Å². The summed E-state index contributed by atoms with van der Waals surface area (Å²) in [6, 6.07) is 5.96. The van der Waals surface area contributed by atoms with Gasteiger partial charge >= 0.3 is 0 Å². The second-order valence-electron chi connectivity index (χ2n) is 8.84. The topological polar surface area (TPSA) is 98.3 Å². The summed E-state index contributed by atoms with van der Waals surface area (Å²) in [5.41, 5.74) is 2.67. The van der Waals surface area contributed by atoms with Crippen LogP contribution in [0.2, 0.25) is 0 Å². The first kappa shape index (κ1) is 19.1. The number of hydrogen-bond donors (Lipinski definition) is 1. The van der Waals surface area contributed by atoms with E-state index in [1.54, 1.807) is 12.1 Å². The van der Waals surface area contributed by atoms with Gasteiger partial charge < -0.3 is 4.90 Å². The summed E-state index contributed by atoms with van der Waals surface area (Å²) in [4.78, 5) is 14.8. The molecule has 1 aromatic heterocycles. The number of hydrogen-bond acceptors (Lipinski definition) is 4. The number of sulfonamides is 1. The summed E-state index contributed by atoms with van der Waals surface area (Å²) in [5, 5.41) is 10.1. The maximum atomic E-state index is 13.0. The molecular formula is C20H26N4O3S. The van der Waals surface area contributed by atoms with Gasteiger partial charge in [-0.25, -0.2) is 13.6 Å². The summed E-state index contributed by atoms with van der Waals surface area (Å²) in [7, 11) is -3.84. The van der Waals surface area contributed by atoms with Crippen LogP contribution in [0.15, 0.2) is 35.4 Å². The molecule has 8 heteroatoms. The summed E-state index contributed by atoms with van der Waals surface area (Å²) in [6.45, 7) is 7.67. The van der Waals surface area contributed by atoms with Crippen LogP contribution in [0.5, 0.6) is 0 Å². The number of aryl methyl sites for hydroxylation is 1. The molecule has 150 valence electrons. The minimum atomic E-state index is -3.84. The molecular weight excluding hydrogens is 376 g/mol. The Morgan fingerprint density at radius 3 is 2.68 bits per heavy atom. The molecule has 2 heterocycles. The Morgan fingerprint density at radius 1 is 1.25 bits per heavy atom. The van der Waals surface area contributed by atoms with E-state index in [1.807, 2.05) is 9.58 Å². The van der Waals surface area contributed by atoms with Crippen LogP contribution < -0.4 is 5.14 Å². The van der Waals surface area contributed by atoms with E-state index in [4.69, 9.17) is 10.2 Å². The SMILES string of the molecule is CC(C)(C)n1cc2c(n1)[C@H]1CN(C(=O)c3cccc(S(N)(=O)=O)c3)C[C@H]1CC2. The number of carbonyl (C=O) groups is 1. The van der Waals surface area contributed by atoms with Crippen LogP contribution in [0.25, 0.3) is 0 Å². The van der Waals surface area contributed by atoms with Crippen molar-refractivity contribution in [2.75, 3.05) is 13.1 Å². The number of amides is 1. The molecule has 2 aliphatic rings. The highest BCUT2D eigenvalue weighted by atomic mass is 32.2. The standard InChI is InChI=1S/C20H26N4O3S/c1-20(2,3)24-11-15-8-7-14-10-23(12-17(14)18(15)22-24)19(25)13-5-4-6-16(9-13)28(21,26)27/h4-6,9,11,14,17H,7-8,10,12H2,1-3H3,(H2,21,26,27)/t14-,17+/m1/s1. The molecule has 0 unspecified atom stereocenters. The van der Waals surface area contributed by atoms with Crippen LogP contribution in [0.4, 0.5) is 0 Å². The minimum absolute atomic E-state index is 0.0406. The summed E-state index contributed by atoms with van der Waals surface area (Å²) < 4.78 is 25.2. The molecule has 28 heavy (non-hydrogen) atoms. The van der Waals surface area contributed by atoms with Crippen LogP contribution in [-0.2, 0) is 22.0 Å². The van der Waals surface area contributed by atoms with Gasteiger partial charge in [0.25, 0.3) is 5.91 Å². The Balaban J connectivity index is 1.59. The van der Waals surface area contributed by atoms with E-state index < -0.39 is 10.0 Å². The number of likely N-dealkylation sites (tertiary alicyclic amines) is 1. The number of nitrogens with two attached hydrogens (primary N) is 1. The van der Waals surface area contributed by atoms with Gasteiger partial charge in [-0.3, -0.25) is 9.48 Å². The molecule has 2 atom stereocenters. The van der Waals surface area contributed by atoms with Crippen molar-refractivity contribution in [2.45, 2.75) is 50.0 Å². The summed E-state index contributed by atoms with van der Waals surface area (Å²) in [5.74, 6) is 0.468. The number of rotatable bonds is 2. The Hall–Kier alpha value is -2.19. The highest BCUT2D eigenvalue weighted by molar-refractivity contribution is 7.89. The number of nitrogens with zero attached hydrogens (tertiary/aromatic N) is 3. The van der Waals surface area contributed by atoms with Crippen LogP contribution in [-0.4, -0.2) is 42.1 Å². The fraction of sp³-hybridized carbons (Fsp3) is 0.500. The molecule has 0 spiro atoms. The van der Waals surface area contributed by atoms with E-state index in [1.165, 1.54) is 17.7 Å². The lowest BCUT2D eigenvalue weighted by molar-refractivity contribution is 0.0785. The van der Waals surface area contributed by atoms with Gasteiger partial charge in [-0.05, 0) is 63.3 Å². The lowest BCUT2D eigenvalue weighted by Gasteiger charge is -2.22. The van der Waals surface area contributed by atoms with E-state index in [-0.39, 0.29) is 22.3 Å². The Bertz CT molecular complexity index is 1040. The molecule has 0 radical (unpaired) electrons. The van der Waals surface area contributed by atoms with Crippen molar-refractivity contribution in [3.05, 3.63) is 47.3 Å². The predicted molar refractivity (Wildman–Crippen MR) is 105 cm³/mol. The lowest BCUT2D eigenvalue weighted by Crippen LogP contribution is -2.29.